The number of aromatic nitrogens is 2. The third-order valence-corrected chi connectivity index (χ3v) is 2.50. The molecule has 1 aliphatic rings. The summed E-state index contributed by atoms with van der Waals surface area (Å²) in [6.45, 7) is 1.75. The minimum atomic E-state index is -0.0859. The zero-order valence-corrected chi connectivity index (χ0v) is 8.18. The van der Waals surface area contributed by atoms with Gasteiger partial charge in [0, 0.05) is 32.2 Å². The van der Waals surface area contributed by atoms with Gasteiger partial charge in [-0.05, 0) is 12.5 Å². The maximum absolute atomic E-state index is 11.1. The quantitative estimate of drug-likeness (QED) is 0.643. The Balaban J connectivity index is 2.25. The van der Waals surface area contributed by atoms with Crippen molar-refractivity contribution in [1.29, 1.82) is 0 Å². The van der Waals surface area contributed by atoms with Crippen molar-refractivity contribution in [3.63, 3.8) is 0 Å². The molecule has 0 saturated carbocycles. The first kappa shape index (κ1) is 9.21. The molecule has 14 heavy (non-hydrogen) atoms. The lowest BCUT2D eigenvalue weighted by Gasteiger charge is -2.16. The number of hydrogen-bond donors (Lipinski definition) is 1. The van der Waals surface area contributed by atoms with Crippen molar-refractivity contribution in [2.45, 2.75) is 12.5 Å². The molecule has 5 heteroatoms. The number of nitrogens with zero attached hydrogens (tertiary/aromatic N) is 3. The van der Waals surface area contributed by atoms with Crippen molar-refractivity contribution in [2.24, 2.45) is 12.8 Å². The molecule has 1 atom stereocenters. The van der Waals surface area contributed by atoms with Crippen molar-refractivity contribution in [2.75, 3.05) is 18.0 Å². The van der Waals surface area contributed by atoms with Gasteiger partial charge in [0.25, 0.3) is 5.56 Å². The Kier molecular flexibility index (Phi) is 2.25. The van der Waals surface area contributed by atoms with Crippen molar-refractivity contribution in [3.05, 3.63) is 22.5 Å². The summed E-state index contributed by atoms with van der Waals surface area (Å²) in [7, 11) is 1.65. The molecule has 0 bridgehead atoms. The van der Waals surface area contributed by atoms with E-state index in [1.54, 1.807) is 13.1 Å². The third kappa shape index (κ3) is 1.63. The minimum Gasteiger partial charge on any atom is -0.354 e. The summed E-state index contributed by atoms with van der Waals surface area (Å²) in [5.41, 5.74) is 5.71. The van der Waals surface area contributed by atoms with Crippen LogP contribution in [0.1, 0.15) is 6.42 Å². The molecule has 76 valence electrons. The van der Waals surface area contributed by atoms with Gasteiger partial charge < -0.3 is 10.6 Å². The summed E-state index contributed by atoms with van der Waals surface area (Å²) in [5.74, 6) is 0.833. The maximum atomic E-state index is 11.1. The van der Waals surface area contributed by atoms with Crippen LogP contribution in [0.25, 0.3) is 0 Å². The zero-order valence-electron chi connectivity index (χ0n) is 8.18. The van der Waals surface area contributed by atoms with Crippen molar-refractivity contribution in [1.82, 2.24) is 9.78 Å². The fourth-order valence-corrected chi connectivity index (χ4v) is 1.65. The molecule has 2 rings (SSSR count). The van der Waals surface area contributed by atoms with E-state index in [-0.39, 0.29) is 11.6 Å². The van der Waals surface area contributed by atoms with Crippen LogP contribution in [0.4, 0.5) is 5.82 Å². The van der Waals surface area contributed by atoms with E-state index in [1.165, 1.54) is 10.7 Å². The van der Waals surface area contributed by atoms with Crippen LogP contribution in [-0.2, 0) is 7.05 Å². The molecule has 1 aromatic rings. The van der Waals surface area contributed by atoms with Crippen LogP contribution < -0.4 is 16.2 Å². The van der Waals surface area contributed by atoms with E-state index >= 15 is 0 Å². The van der Waals surface area contributed by atoms with E-state index in [0.29, 0.717) is 0 Å². The van der Waals surface area contributed by atoms with Gasteiger partial charge in [0.05, 0.1) is 0 Å². The first-order valence-corrected chi connectivity index (χ1v) is 4.72. The number of rotatable bonds is 1. The Hall–Kier alpha value is -1.36. The molecule has 0 amide bonds. The van der Waals surface area contributed by atoms with Crippen LogP contribution >= 0.6 is 0 Å². The Morgan fingerprint density at radius 1 is 1.57 bits per heavy atom. The van der Waals surface area contributed by atoms with E-state index in [1.807, 2.05) is 0 Å². The van der Waals surface area contributed by atoms with Crippen LogP contribution in [0.15, 0.2) is 16.9 Å². The smallest absolute Gasteiger partial charge is 0.266 e. The number of nitrogens with two attached hydrogens (primary N) is 1. The van der Waals surface area contributed by atoms with Gasteiger partial charge >= 0.3 is 0 Å². The molecule has 0 aromatic carbocycles. The molecule has 1 aromatic heterocycles. The molecule has 5 nitrogen and oxygen atoms in total. The van der Waals surface area contributed by atoms with E-state index in [0.717, 1.165) is 25.3 Å². The SMILES string of the molecule is Cn1nc(N2CCC(N)C2)ccc1=O. The highest BCUT2D eigenvalue weighted by atomic mass is 16.1. The molecule has 1 unspecified atom stereocenters. The molecule has 0 aliphatic carbocycles. The van der Waals surface area contributed by atoms with Gasteiger partial charge in [-0.15, -0.1) is 0 Å². The highest BCUT2D eigenvalue weighted by Crippen LogP contribution is 2.14. The topological polar surface area (TPSA) is 64.2 Å². The predicted molar refractivity (Wildman–Crippen MR) is 54.3 cm³/mol. The molecule has 1 aliphatic heterocycles. The first-order valence-electron chi connectivity index (χ1n) is 4.72. The van der Waals surface area contributed by atoms with Crippen molar-refractivity contribution < 1.29 is 0 Å². The van der Waals surface area contributed by atoms with Crippen LogP contribution in [0.2, 0.25) is 0 Å². The van der Waals surface area contributed by atoms with Crippen LogP contribution in [0.5, 0.6) is 0 Å². The van der Waals surface area contributed by atoms with Gasteiger partial charge in [0.1, 0.15) is 5.82 Å². The lowest BCUT2D eigenvalue weighted by Crippen LogP contribution is -2.29. The Morgan fingerprint density at radius 2 is 2.36 bits per heavy atom. The highest BCUT2D eigenvalue weighted by Gasteiger charge is 2.20. The van der Waals surface area contributed by atoms with E-state index in [9.17, 15) is 4.79 Å². The van der Waals surface area contributed by atoms with Crippen molar-refractivity contribution >= 4 is 5.82 Å². The second kappa shape index (κ2) is 3.42. The van der Waals surface area contributed by atoms with Crippen LogP contribution in [0.3, 0.4) is 0 Å². The second-order valence-corrected chi connectivity index (χ2v) is 3.65. The first-order chi connectivity index (χ1) is 6.66. The van der Waals surface area contributed by atoms with Gasteiger partial charge in [-0.1, -0.05) is 0 Å². The number of anilines is 1. The molecule has 0 spiro atoms. The van der Waals surface area contributed by atoms with E-state index in [2.05, 4.69) is 10.00 Å². The number of hydrogen-bond acceptors (Lipinski definition) is 4. The fourth-order valence-electron chi connectivity index (χ4n) is 1.65. The highest BCUT2D eigenvalue weighted by molar-refractivity contribution is 5.38. The minimum absolute atomic E-state index is 0.0859. The maximum Gasteiger partial charge on any atom is 0.266 e. The fraction of sp³-hybridized carbons (Fsp3) is 0.556. The molecular weight excluding hydrogens is 180 g/mol. The number of aryl methyl sites for hydroxylation is 1. The van der Waals surface area contributed by atoms with E-state index < -0.39 is 0 Å². The second-order valence-electron chi connectivity index (χ2n) is 3.65. The lowest BCUT2D eigenvalue weighted by atomic mass is 10.3. The zero-order chi connectivity index (χ0) is 10.1. The Morgan fingerprint density at radius 3 is 2.93 bits per heavy atom. The molecular formula is C9H14N4O. The Bertz CT molecular complexity index is 387. The van der Waals surface area contributed by atoms with E-state index in [4.69, 9.17) is 5.73 Å². The van der Waals surface area contributed by atoms with Gasteiger partial charge in [-0.25, -0.2) is 4.68 Å². The summed E-state index contributed by atoms with van der Waals surface area (Å²) in [4.78, 5) is 13.2. The van der Waals surface area contributed by atoms with Crippen LogP contribution in [0, 0.1) is 0 Å². The standard InChI is InChI=1S/C9H14N4O/c1-12-9(14)3-2-8(11-12)13-5-4-7(10)6-13/h2-3,7H,4-6,10H2,1H3. The molecule has 1 saturated heterocycles. The molecule has 2 N–H and O–H groups in total. The summed E-state index contributed by atoms with van der Waals surface area (Å²) < 4.78 is 1.35. The predicted octanol–water partition coefficient (Wildman–Crippen LogP) is -0.682. The van der Waals surface area contributed by atoms with Gasteiger partial charge in [0.2, 0.25) is 0 Å². The average molecular weight is 194 g/mol. The third-order valence-electron chi connectivity index (χ3n) is 2.50. The molecule has 1 fully saturated rings. The largest absolute Gasteiger partial charge is 0.354 e. The monoisotopic (exact) mass is 194 g/mol. The summed E-state index contributed by atoms with van der Waals surface area (Å²) in [5, 5.41) is 4.16. The average Bonchev–Trinajstić information content (AvgIpc) is 2.57. The summed E-state index contributed by atoms with van der Waals surface area (Å²) in [6, 6.07) is 3.51. The van der Waals surface area contributed by atoms with Crippen molar-refractivity contribution in [3.8, 4) is 0 Å². The van der Waals surface area contributed by atoms with Gasteiger partial charge in [0.15, 0.2) is 0 Å². The molecule has 2 heterocycles. The Labute approximate surface area is 82.1 Å². The summed E-state index contributed by atoms with van der Waals surface area (Å²) >= 11 is 0. The molecule has 0 radical (unpaired) electrons. The summed E-state index contributed by atoms with van der Waals surface area (Å²) in [6.07, 6.45) is 0.991. The van der Waals surface area contributed by atoms with Crippen LogP contribution in [-0.4, -0.2) is 28.9 Å². The van der Waals surface area contributed by atoms with Gasteiger partial charge in [-0.3, -0.25) is 4.79 Å². The lowest BCUT2D eigenvalue weighted by molar-refractivity contribution is 0.692. The van der Waals surface area contributed by atoms with Gasteiger partial charge in [-0.2, -0.15) is 5.10 Å². The normalized spacial score (nSPS) is 21.6.